The third-order valence-electron chi connectivity index (χ3n) is 4.95. The Morgan fingerprint density at radius 3 is 2.93 bits per heavy atom. The molecule has 0 saturated heterocycles. The molecule has 6 nitrogen and oxygen atoms in total. The molecule has 1 aliphatic rings. The van der Waals surface area contributed by atoms with Gasteiger partial charge in [0.2, 0.25) is 0 Å². The van der Waals surface area contributed by atoms with Crippen molar-refractivity contribution in [2.45, 2.75) is 38.1 Å². The van der Waals surface area contributed by atoms with Crippen LogP contribution in [0.5, 0.6) is 0 Å². The number of nitrogens with one attached hydrogen (secondary N) is 1. The van der Waals surface area contributed by atoms with Gasteiger partial charge in [0.15, 0.2) is 17.0 Å². The Morgan fingerprint density at radius 1 is 1.31 bits per heavy atom. The minimum Gasteiger partial charge on any atom is -0.382 e. The fraction of sp³-hybridized carbons (Fsp3) is 0.450. The maximum Gasteiger partial charge on any atom is 0.312 e. The highest BCUT2D eigenvalue weighted by molar-refractivity contribution is 14.1. The van der Waals surface area contributed by atoms with E-state index in [0.29, 0.717) is 30.0 Å². The Kier molecular flexibility index (Phi) is 6.26. The first kappa shape index (κ1) is 20.8. The Labute approximate surface area is 187 Å². The summed E-state index contributed by atoms with van der Waals surface area (Å²) in [5.74, 6) is 2.62. The molecule has 3 heterocycles. The average molecular weight is 526 g/mol. The second-order valence-corrected chi connectivity index (χ2v) is 9.95. The van der Waals surface area contributed by atoms with E-state index in [2.05, 4.69) is 63.9 Å². The van der Waals surface area contributed by atoms with Crippen molar-refractivity contribution in [1.82, 2.24) is 24.8 Å². The molecule has 1 aliphatic heterocycles. The first-order valence-electron chi connectivity index (χ1n) is 9.75. The number of halogens is 2. The number of fused-ring (bicyclic) bond motifs is 2. The van der Waals surface area contributed by atoms with Gasteiger partial charge in [-0.25, -0.2) is 4.98 Å². The van der Waals surface area contributed by atoms with Crippen LogP contribution in [0.3, 0.4) is 0 Å². The van der Waals surface area contributed by atoms with Gasteiger partial charge in [0.25, 0.3) is 0 Å². The van der Waals surface area contributed by atoms with E-state index in [1.54, 1.807) is 0 Å². The second-order valence-electron chi connectivity index (χ2n) is 7.65. The monoisotopic (exact) mass is 526 g/mol. The first-order chi connectivity index (χ1) is 13.9. The Bertz CT molecular complexity index is 1050. The predicted octanol–water partition coefficient (Wildman–Crippen LogP) is 3.64. The van der Waals surface area contributed by atoms with Gasteiger partial charge in [0.1, 0.15) is 5.82 Å². The van der Waals surface area contributed by atoms with Crippen molar-refractivity contribution in [3.63, 3.8) is 0 Å². The van der Waals surface area contributed by atoms with E-state index >= 15 is 0 Å². The molecule has 0 spiro atoms. The zero-order valence-corrected chi connectivity index (χ0v) is 19.5. The summed E-state index contributed by atoms with van der Waals surface area (Å²) in [4.78, 5) is 13.7. The van der Waals surface area contributed by atoms with Crippen molar-refractivity contribution in [1.29, 1.82) is 0 Å². The van der Waals surface area contributed by atoms with Crippen molar-refractivity contribution in [3.05, 3.63) is 38.7 Å². The third kappa shape index (κ3) is 4.51. The fourth-order valence-electron chi connectivity index (χ4n) is 3.53. The van der Waals surface area contributed by atoms with Crippen LogP contribution in [0.15, 0.2) is 17.0 Å². The molecule has 154 valence electrons. The minimum atomic E-state index is -0.818. The summed E-state index contributed by atoms with van der Waals surface area (Å²) >= 11 is 4.30. The van der Waals surface area contributed by atoms with Crippen molar-refractivity contribution < 1.29 is 4.39 Å². The summed E-state index contributed by atoms with van der Waals surface area (Å²) in [5, 5.41) is 3.43. The van der Waals surface area contributed by atoms with Crippen LogP contribution in [0, 0.1) is 15.6 Å². The summed E-state index contributed by atoms with van der Waals surface area (Å²) in [6.45, 7) is 6.65. The molecule has 0 atom stereocenters. The maximum atomic E-state index is 13.9. The number of hydrogen-bond acceptors (Lipinski definition) is 6. The molecule has 0 saturated carbocycles. The van der Waals surface area contributed by atoms with Crippen LogP contribution in [0.1, 0.15) is 30.8 Å². The number of aryl methyl sites for hydroxylation is 1. The van der Waals surface area contributed by atoms with Gasteiger partial charge in [-0.05, 0) is 64.7 Å². The van der Waals surface area contributed by atoms with Crippen LogP contribution in [0.4, 0.5) is 10.2 Å². The number of nitrogens with zero attached hydrogens (tertiary/aromatic N) is 4. The Morgan fingerprint density at radius 2 is 2.14 bits per heavy atom. The summed E-state index contributed by atoms with van der Waals surface area (Å²) in [6.07, 6.45) is 0.955. The van der Waals surface area contributed by atoms with Crippen LogP contribution in [0.2, 0.25) is 0 Å². The maximum absolute atomic E-state index is 13.9. The Hall–Kier alpha value is -1.46. The van der Waals surface area contributed by atoms with E-state index < -0.39 is 6.08 Å². The zero-order chi connectivity index (χ0) is 20.5. The average Bonchev–Trinajstić information content (AvgIpc) is 3.23. The van der Waals surface area contributed by atoms with Crippen LogP contribution >= 0.6 is 34.4 Å². The molecule has 3 N–H and O–H groups in total. The molecule has 4 rings (SSSR count). The molecule has 9 heteroatoms. The Balaban J connectivity index is 1.69. The molecule has 0 amide bonds. The standard InChI is InChI=1S/C20H24FIN6S/c1-11(2)10-24-4-5-28-16(25-17-18(23)26-20(21)27-19(17)28)9-13-8-15-12(3-6-29-15)7-14(13)22/h7-8,11,24H,3-6,9-10H2,1-2H3,(H2,23,26,27). The van der Waals surface area contributed by atoms with Crippen LogP contribution in [0.25, 0.3) is 11.2 Å². The largest absolute Gasteiger partial charge is 0.382 e. The van der Waals surface area contributed by atoms with Crippen molar-refractivity contribution in [2.75, 3.05) is 24.6 Å². The van der Waals surface area contributed by atoms with E-state index in [9.17, 15) is 4.39 Å². The van der Waals surface area contributed by atoms with Gasteiger partial charge < -0.3 is 15.6 Å². The third-order valence-corrected chi connectivity index (χ3v) is 7.05. The van der Waals surface area contributed by atoms with Crippen LogP contribution < -0.4 is 11.1 Å². The molecule has 0 radical (unpaired) electrons. The number of imidazole rings is 1. The second kappa shape index (κ2) is 8.73. The van der Waals surface area contributed by atoms with Gasteiger partial charge in [0.05, 0.1) is 0 Å². The van der Waals surface area contributed by atoms with Crippen LogP contribution in [-0.2, 0) is 19.4 Å². The number of anilines is 1. The van der Waals surface area contributed by atoms with E-state index in [1.807, 2.05) is 16.3 Å². The molecular weight excluding hydrogens is 502 g/mol. The van der Waals surface area contributed by atoms with Gasteiger partial charge in [-0.1, -0.05) is 13.8 Å². The van der Waals surface area contributed by atoms with E-state index in [4.69, 9.17) is 10.7 Å². The molecule has 3 aromatic rings. The van der Waals surface area contributed by atoms with Gasteiger partial charge in [-0.3, -0.25) is 0 Å². The SMILES string of the molecule is CC(C)CNCCn1c(Cc2cc3c(cc2I)CCS3)nc2c(N)nc(F)nc21. The topological polar surface area (TPSA) is 81.7 Å². The lowest BCUT2D eigenvalue weighted by molar-refractivity contribution is 0.517. The van der Waals surface area contributed by atoms with Gasteiger partial charge in [0, 0.05) is 33.7 Å². The van der Waals surface area contributed by atoms with E-state index in [0.717, 1.165) is 31.1 Å². The lowest BCUT2D eigenvalue weighted by atomic mass is 10.1. The molecule has 0 aliphatic carbocycles. The van der Waals surface area contributed by atoms with Crippen molar-refractivity contribution >= 4 is 51.3 Å². The molecule has 29 heavy (non-hydrogen) atoms. The van der Waals surface area contributed by atoms with Gasteiger partial charge in [-0.15, -0.1) is 11.8 Å². The van der Waals surface area contributed by atoms with Crippen molar-refractivity contribution in [3.8, 4) is 0 Å². The number of thioether (sulfide) groups is 1. The van der Waals surface area contributed by atoms with E-state index in [-0.39, 0.29) is 5.82 Å². The van der Waals surface area contributed by atoms with Crippen molar-refractivity contribution in [2.24, 2.45) is 5.92 Å². The summed E-state index contributed by atoms with van der Waals surface area (Å²) in [5.41, 5.74) is 9.51. The fourth-order valence-corrected chi connectivity index (χ4v) is 5.37. The molecule has 1 aromatic carbocycles. The number of hydrogen-bond donors (Lipinski definition) is 2. The summed E-state index contributed by atoms with van der Waals surface area (Å²) < 4.78 is 17.1. The smallest absolute Gasteiger partial charge is 0.312 e. The number of benzene rings is 1. The highest BCUT2D eigenvalue weighted by Gasteiger charge is 2.20. The zero-order valence-electron chi connectivity index (χ0n) is 16.5. The van der Waals surface area contributed by atoms with Crippen LogP contribution in [-0.4, -0.2) is 38.4 Å². The minimum absolute atomic E-state index is 0.0850. The number of aromatic nitrogens is 4. The quantitative estimate of drug-likeness (QED) is 0.278. The normalized spacial score (nSPS) is 13.6. The highest BCUT2D eigenvalue weighted by Crippen LogP contribution is 2.35. The summed E-state index contributed by atoms with van der Waals surface area (Å²) in [7, 11) is 0. The molecule has 2 aromatic heterocycles. The number of rotatable bonds is 7. The van der Waals surface area contributed by atoms with Gasteiger partial charge >= 0.3 is 6.08 Å². The lowest BCUT2D eigenvalue weighted by Crippen LogP contribution is -2.25. The molecular formula is C20H24FIN6S. The first-order valence-corrected chi connectivity index (χ1v) is 11.8. The molecule has 0 fully saturated rings. The molecule has 0 bridgehead atoms. The summed E-state index contributed by atoms with van der Waals surface area (Å²) in [6, 6.07) is 4.54. The van der Waals surface area contributed by atoms with E-state index in [1.165, 1.54) is 19.6 Å². The lowest BCUT2D eigenvalue weighted by Gasteiger charge is -2.12. The van der Waals surface area contributed by atoms with Gasteiger partial charge in [-0.2, -0.15) is 14.4 Å². The number of nitrogen functional groups attached to an aromatic ring is 1. The number of nitrogens with two attached hydrogens (primary N) is 1. The highest BCUT2D eigenvalue weighted by atomic mass is 127. The predicted molar refractivity (Wildman–Crippen MR) is 124 cm³/mol. The molecule has 0 unspecified atom stereocenters.